The fraction of sp³-hybridized carbons (Fsp3) is 0.769. The van der Waals surface area contributed by atoms with E-state index in [0.29, 0.717) is 18.2 Å². The molecule has 2 nitrogen and oxygen atoms in total. The lowest BCUT2D eigenvalue weighted by molar-refractivity contribution is -0.114. The van der Waals surface area contributed by atoms with E-state index in [1.807, 2.05) is 6.08 Å². The molecule has 1 aliphatic rings. The van der Waals surface area contributed by atoms with Crippen molar-refractivity contribution in [3.63, 3.8) is 0 Å². The van der Waals surface area contributed by atoms with Crippen LogP contribution in [0.5, 0.6) is 0 Å². The molecule has 15 heavy (non-hydrogen) atoms. The minimum atomic E-state index is 0.297. The maximum absolute atomic E-state index is 11.2. The van der Waals surface area contributed by atoms with E-state index in [0.717, 1.165) is 13.0 Å². The highest BCUT2D eigenvalue weighted by Gasteiger charge is 2.19. The number of hydrogen-bond donors (Lipinski definition) is 0. The monoisotopic (exact) mass is 209 g/mol. The zero-order valence-corrected chi connectivity index (χ0v) is 10.3. The summed E-state index contributed by atoms with van der Waals surface area (Å²) in [5, 5.41) is 0. The molecule has 0 N–H and O–H groups in total. The van der Waals surface area contributed by atoms with Gasteiger partial charge < -0.3 is 4.90 Å². The second-order valence-corrected chi connectivity index (χ2v) is 4.60. The van der Waals surface area contributed by atoms with Crippen LogP contribution < -0.4 is 0 Å². The topological polar surface area (TPSA) is 20.3 Å². The third-order valence-electron chi connectivity index (χ3n) is 2.95. The highest BCUT2D eigenvalue weighted by atomic mass is 16.1. The highest BCUT2D eigenvalue weighted by molar-refractivity contribution is 5.92. The van der Waals surface area contributed by atoms with Crippen LogP contribution in [0.15, 0.2) is 11.8 Å². The minimum absolute atomic E-state index is 0.297. The van der Waals surface area contributed by atoms with Crippen molar-refractivity contribution < 1.29 is 4.79 Å². The van der Waals surface area contributed by atoms with Crippen molar-refractivity contribution in [2.75, 3.05) is 6.54 Å². The van der Waals surface area contributed by atoms with Crippen LogP contribution in [0.4, 0.5) is 0 Å². The normalized spacial score (nSPS) is 16.0. The molecule has 0 saturated heterocycles. The second-order valence-electron chi connectivity index (χ2n) is 4.60. The van der Waals surface area contributed by atoms with Gasteiger partial charge in [0.25, 0.3) is 0 Å². The summed E-state index contributed by atoms with van der Waals surface area (Å²) in [5.41, 5.74) is 1.26. The molecule has 1 rings (SSSR count). The summed E-state index contributed by atoms with van der Waals surface area (Å²) in [6, 6.07) is 0.513. The van der Waals surface area contributed by atoms with E-state index >= 15 is 0 Å². The molecule has 0 amide bonds. The number of rotatable bonds is 6. The van der Waals surface area contributed by atoms with Crippen molar-refractivity contribution in [3.05, 3.63) is 11.8 Å². The lowest BCUT2D eigenvalue weighted by Crippen LogP contribution is -2.30. The van der Waals surface area contributed by atoms with Gasteiger partial charge in [0.05, 0.1) is 0 Å². The van der Waals surface area contributed by atoms with Crippen LogP contribution in [0.1, 0.15) is 52.9 Å². The zero-order valence-electron chi connectivity index (χ0n) is 10.3. The third-order valence-corrected chi connectivity index (χ3v) is 2.95. The Balaban J connectivity index is 2.50. The summed E-state index contributed by atoms with van der Waals surface area (Å²) in [4.78, 5) is 13.6. The Labute approximate surface area is 93.3 Å². The van der Waals surface area contributed by atoms with Crippen molar-refractivity contribution in [1.29, 1.82) is 0 Å². The van der Waals surface area contributed by atoms with Crippen LogP contribution in [-0.2, 0) is 4.79 Å². The summed E-state index contributed by atoms with van der Waals surface area (Å²) in [6.07, 6.45) is 7.27. The molecule has 0 unspecified atom stereocenters. The van der Waals surface area contributed by atoms with Gasteiger partial charge in [0.1, 0.15) is 0 Å². The van der Waals surface area contributed by atoms with E-state index < -0.39 is 0 Å². The lowest BCUT2D eigenvalue weighted by atomic mass is 10.2. The Bertz CT molecular complexity index is 243. The number of ketones is 1. The summed E-state index contributed by atoms with van der Waals surface area (Å²) >= 11 is 0. The third kappa shape index (κ3) is 3.69. The first kappa shape index (κ1) is 12.3. The predicted molar refractivity (Wildman–Crippen MR) is 63.7 cm³/mol. The number of unbranched alkanes of at least 4 members (excludes halogenated alkanes) is 2. The van der Waals surface area contributed by atoms with Gasteiger partial charge in [0.15, 0.2) is 5.78 Å². The molecular formula is C13H23NO. The molecule has 0 aromatic carbocycles. The van der Waals surface area contributed by atoms with E-state index in [1.54, 1.807) is 0 Å². The van der Waals surface area contributed by atoms with Gasteiger partial charge >= 0.3 is 0 Å². The molecule has 2 heteroatoms. The van der Waals surface area contributed by atoms with Crippen LogP contribution in [0, 0.1) is 0 Å². The summed E-state index contributed by atoms with van der Waals surface area (Å²) in [5.74, 6) is 0.297. The number of carbonyl (C=O) groups excluding carboxylic acids is 1. The number of hydrogen-bond acceptors (Lipinski definition) is 2. The average molecular weight is 209 g/mol. The zero-order chi connectivity index (χ0) is 11.3. The molecule has 86 valence electrons. The Morgan fingerprint density at radius 2 is 2.07 bits per heavy atom. The Hall–Kier alpha value is -0.790. The number of allylic oxidation sites excluding steroid dienone is 2. The van der Waals surface area contributed by atoms with Gasteiger partial charge in [-0.3, -0.25) is 4.79 Å². The first-order valence-electron chi connectivity index (χ1n) is 6.15. The van der Waals surface area contributed by atoms with E-state index in [4.69, 9.17) is 0 Å². The minimum Gasteiger partial charge on any atom is -0.372 e. The highest BCUT2D eigenvalue weighted by Crippen LogP contribution is 2.22. The molecule has 0 spiro atoms. The van der Waals surface area contributed by atoms with Crippen LogP contribution in [0.25, 0.3) is 0 Å². The molecule has 0 aromatic rings. The van der Waals surface area contributed by atoms with Crippen LogP contribution in [-0.4, -0.2) is 23.3 Å². The number of nitrogens with zero attached hydrogens (tertiary/aromatic N) is 1. The van der Waals surface area contributed by atoms with Crippen molar-refractivity contribution >= 4 is 5.78 Å². The molecule has 0 radical (unpaired) electrons. The largest absolute Gasteiger partial charge is 0.372 e. The Morgan fingerprint density at radius 1 is 1.33 bits per heavy atom. The molecule has 1 aliphatic carbocycles. The van der Waals surface area contributed by atoms with Crippen molar-refractivity contribution in [2.45, 2.75) is 58.9 Å². The van der Waals surface area contributed by atoms with E-state index in [2.05, 4.69) is 25.7 Å². The van der Waals surface area contributed by atoms with Gasteiger partial charge in [0, 0.05) is 30.8 Å². The SMILES string of the molecule is CCCCCN(C1=CC(=O)CC1)C(C)C. The molecule has 0 atom stereocenters. The Kier molecular flexibility index (Phi) is 4.86. The molecule has 0 heterocycles. The summed E-state index contributed by atoms with van der Waals surface area (Å²) in [6.45, 7) is 7.73. The maximum atomic E-state index is 11.2. The van der Waals surface area contributed by atoms with Gasteiger partial charge in [-0.05, 0) is 26.7 Å². The van der Waals surface area contributed by atoms with Gasteiger partial charge in [0.2, 0.25) is 0 Å². The molecule has 0 fully saturated rings. The van der Waals surface area contributed by atoms with Gasteiger partial charge in [-0.2, -0.15) is 0 Å². The van der Waals surface area contributed by atoms with Crippen LogP contribution in [0.3, 0.4) is 0 Å². The fourth-order valence-electron chi connectivity index (χ4n) is 2.07. The van der Waals surface area contributed by atoms with Gasteiger partial charge in [-0.1, -0.05) is 19.8 Å². The van der Waals surface area contributed by atoms with Crippen molar-refractivity contribution in [3.8, 4) is 0 Å². The standard InChI is InChI=1S/C13H23NO/c1-4-5-6-9-14(11(2)3)12-7-8-13(15)10-12/h10-11H,4-9H2,1-3H3. The van der Waals surface area contributed by atoms with Gasteiger partial charge in [-0.25, -0.2) is 0 Å². The van der Waals surface area contributed by atoms with Crippen LogP contribution in [0.2, 0.25) is 0 Å². The summed E-state index contributed by atoms with van der Waals surface area (Å²) < 4.78 is 0. The van der Waals surface area contributed by atoms with Crippen molar-refractivity contribution in [1.82, 2.24) is 4.90 Å². The van der Waals surface area contributed by atoms with Crippen molar-refractivity contribution in [2.24, 2.45) is 0 Å². The maximum Gasteiger partial charge on any atom is 0.157 e. The quantitative estimate of drug-likeness (QED) is 0.626. The number of carbonyl (C=O) groups is 1. The first-order valence-corrected chi connectivity index (χ1v) is 6.15. The van der Waals surface area contributed by atoms with Crippen LogP contribution >= 0.6 is 0 Å². The van der Waals surface area contributed by atoms with E-state index in [-0.39, 0.29) is 0 Å². The van der Waals surface area contributed by atoms with E-state index in [1.165, 1.54) is 25.0 Å². The fourth-order valence-corrected chi connectivity index (χ4v) is 2.07. The average Bonchev–Trinajstić information content (AvgIpc) is 2.59. The molecule has 0 aliphatic heterocycles. The van der Waals surface area contributed by atoms with Gasteiger partial charge in [-0.15, -0.1) is 0 Å². The molecule has 0 saturated carbocycles. The first-order chi connectivity index (χ1) is 7.15. The Morgan fingerprint density at radius 3 is 2.53 bits per heavy atom. The summed E-state index contributed by atoms with van der Waals surface area (Å²) in [7, 11) is 0. The molecule has 0 bridgehead atoms. The lowest BCUT2D eigenvalue weighted by Gasteiger charge is -2.30. The smallest absolute Gasteiger partial charge is 0.157 e. The second kappa shape index (κ2) is 5.94. The van der Waals surface area contributed by atoms with E-state index in [9.17, 15) is 4.79 Å². The predicted octanol–water partition coefficient (Wildman–Crippen LogP) is 3.13. The molecule has 0 aromatic heterocycles. The molecular weight excluding hydrogens is 186 g/mol.